The first-order valence-corrected chi connectivity index (χ1v) is 20.1. The van der Waals surface area contributed by atoms with Crippen molar-refractivity contribution in [1.29, 1.82) is 0 Å². The second-order valence-corrected chi connectivity index (χ2v) is 14.9. The number of para-hydroxylation sites is 1. The molecule has 0 aliphatic rings. The summed E-state index contributed by atoms with van der Waals surface area (Å²) >= 11 is 0. The molecule has 11 aromatic rings. The minimum absolute atomic E-state index is 0.877. The monoisotopic (exact) mass is 751 g/mol. The molecule has 10 aromatic carbocycles. The molecule has 1 aromatic heterocycles. The lowest BCUT2D eigenvalue weighted by molar-refractivity contribution is 1.30. The van der Waals surface area contributed by atoms with Gasteiger partial charge < -0.3 is 4.90 Å². The molecule has 0 unspecified atom stereocenters. The summed E-state index contributed by atoms with van der Waals surface area (Å²) in [7, 11) is 0. The van der Waals surface area contributed by atoms with E-state index in [9.17, 15) is 0 Å². The van der Waals surface area contributed by atoms with Crippen molar-refractivity contribution in [3.8, 4) is 44.8 Å². The zero-order valence-corrected chi connectivity index (χ0v) is 32.2. The van der Waals surface area contributed by atoms with Gasteiger partial charge in [-0.3, -0.25) is 0 Å². The molecule has 11 rings (SSSR count). The highest BCUT2D eigenvalue weighted by molar-refractivity contribution is 6.19. The zero-order valence-electron chi connectivity index (χ0n) is 32.2. The zero-order chi connectivity index (χ0) is 39.1. The van der Waals surface area contributed by atoms with Gasteiger partial charge in [-0.1, -0.05) is 182 Å². The van der Waals surface area contributed by atoms with Crippen LogP contribution in [0.15, 0.2) is 224 Å². The van der Waals surface area contributed by atoms with E-state index < -0.39 is 0 Å². The van der Waals surface area contributed by atoms with Gasteiger partial charge in [0.15, 0.2) is 0 Å². The summed E-state index contributed by atoms with van der Waals surface area (Å²) in [5.74, 6) is 0. The van der Waals surface area contributed by atoms with Gasteiger partial charge in [0, 0.05) is 33.3 Å². The van der Waals surface area contributed by atoms with E-state index in [1.165, 1.54) is 27.3 Å². The minimum atomic E-state index is 0.877. The molecule has 0 fully saturated rings. The third-order valence-corrected chi connectivity index (χ3v) is 11.4. The Morgan fingerprint density at radius 1 is 0.322 bits per heavy atom. The van der Waals surface area contributed by atoms with Gasteiger partial charge in [0.25, 0.3) is 0 Å². The fourth-order valence-electron chi connectivity index (χ4n) is 8.60. The molecule has 59 heavy (non-hydrogen) atoms. The Balaban J connectivity index is 1.05. The van der Waals surface area contributed by atoms with Gasteiger partial charge in [-0.25, -0.2) is 9.97 Å². The molecule has 276 valence electrons. The Morgan fingerprint density at radius 2 is 0.847 bits per heavy atom. The van der Waals surface area contributed by atoms with Crippen LogP contribution in [0, 0.1) is 0 Å². The molecule has 0 aliphatic heterocycles. The first kappa shape index (κ1) is 34.4. The van der Waals surface area contributed by atoms with E-state index in [-0.39, 0.29) is 0 Å². The lowest BCUT2D eigenvalue weighted by Gasteiger charge is -2.27. The molecule has 3 nitrogen and oxygen atoms in total. The van der Waals surface area contributed by atoms with Crippen LogP contribution in [0.1, 0.15) is 0 Å². The van der Waals surface area contributed by atoms with Crippen LogP contribution in [0.25, 0.3) is 88.1 Å². The molecule has 0 bridgehead atoms. The average Bonchev–Trinajstić information content (AvgIpc) is 3.32. The molecule has 0 aliphatic carbocycles. The number of aromatic nitrogens is 2. The van der Waals surface area contributed by atoms with Gasteiger partial charge >= 0.3 is 0 Å². The van der Waals surface area contributed by atoms with E-state index in [4.69, 9.17) is 9.97 Å². The topological polar surface area (TPSA) is 29.0 Å². The Kier molecular flexibility index (Phi) is 8.49. The van der Waals surface area contributed by atoms with Crippen molar-refractivity contribution in [1.82, 2.24) is 9.97 Å². The first-order valence-electron chi connectivity index (χ1n) is 20.1. The van der Waals surface area contributed by atoms with E-state index in [1.54, 1.807) is 0 Å². The van der Waals surface area contributed by atoms with Crippen LogP contribution in [0.4, 0.5) is 17.1 Å². The van der Waals surface area contributed by atoms with Crippen molar-refractivity contribution in [2.75, 3.05) is 4.90 Å². The Hall–Kier alpha value is -7.88. The summed E-state index contributed by atoms with van der Waals surface area (Å²) in [4.78, 5) is 13.2. The van der Waals surface area contributed by atoms with Gasteiger partial charge in [0.1, 0.15) is 0 Å². The Morgan fingerprint density at radius 3 is 1.59 bits per heavy atom. The van der Waals surface area contributed by atoms with Crippen LogP contribution in [0.3, 0.4) is 0 Å². The fourth-order valence-corrected chi connectivity index (χ4v) is 8.60. The van der Waals surface area contributed by atoms with Gasteiger partial charge in [0.05, 0.1) is 28.1 Å². The third-order valence-electron chi connectivity index (χ3n) is 11.4. The molecule has 0 N–H and O–H groups in total. The fraction of sp³-hybridized carbons (Fsp3) is 0. The first-order chi connectivity index (χ1) is 29.3. The van der Waals surface area contributed by atoms with E-state index in [0.29, 0.717) is 0 Å². The average molecular weight is 752 g/mol. The number of hydrogen-bond acceptors (Lipinski definition) is 3. The van der Waals surface area contributed by atoms with Gasteiger partial charge in [-0.05, 0) is 86.3 Å². The van der Waals surface area contributed by atoms with Crippen LogP contribution in [-0.2, 0) is 0 Å². The van der Waals surface area contributed by atoms with Gasteiger partial charge in [0.2, 0.25) is 0 Å². The summed E-state index contributed by atoms with van der Waals surface area (Å²) in [6, 6.07) is 79.8. The lowest BCUT2D eigenvalue weighted by atomic mass is 9.91. The molecule has 0 saturated carbocycles. The van der Waals surface area contributed by atoms with Crippen LogP contribution in [0.2, 0.25) is 0 Å². The van der Waals surface area contributed by atoms with Crippen molar-refractivity contribution in [2.45, 2.75) is 0 Å². The number of hydrogen-bond donors (Lipinski definition) is 0. The normalized spacial score (nSPS) is 11.4. The predicted octanol–water partition coefficient (Wildman–Crippen LogP) is 15.2. The highest BCUT2D eigenvalue weighted by Gasteiger charge is 2.18. The molecule has 0 atom stereocenters. The van der Waals surface area contributed by atoms with E-state index in [0.717, 1.165) is 77.9 Å². The maximum Gasteiger partial charge on any atom is 0.0979 e. The molecule has 0 amide bonds. The van der Waals surface area contributed by atoms with Crippen molar-refractivity contribution < 1.29 is 0 Å². The number of benzene rings is 10. The van der Waals surface area contributed by atoms with Gasteiger partial charge in [-0.2, -0.15) is 0 Å². The van der Waals surface area contributed by atoms with Crippen molar-refractivity contribution in [3.63, 3.8) is 0 Å². The molecule has 1 heterocycles. The van der Waals surface area contributed by atoms with Gasteiger partial charge in [-0.15, -0.1) is 0 Å². The van der Waals surface area contributed by atoms with E-state index >= 15 is 0 Å². The summed E-state index contributed by atoms with van der Waals surface area (Å²) in [5, 5.41) is 7.01. The van der Waals surface area contributed by atoms with Crippen molar-refractivity contribution in [3.05, 3.63) is 224 Å². The van der Waals surface area contributed by atoms with Crippen LogP contribution in [0.5, 0.6) is 0 Å². The van der Waals surface area contributed by atoms with Crippen molar-refractivity contribution >= 4 is 60.4 Å². The SMILES string of the molecule is c1ccc(-c2nc3ccc4ccc5ccc(-c6ccccc6-c6ccc(N(c7ccccc7)c7cccc8ccccc78)cc6)cc5c4c3nc2-c2ccccc2)cc1. The minimum Gasteiger partial charge on any atom is -0.310 e. The quantitative estimate of drug-likeness (QED) is 0.152. The molecule has 0 saturated heterocycles. The molecular formula is C56H37N3. The second-order valence-electron chi connectivity index (χ2n) is 14.9. The Bertz CT molecular complexity index is 3300. The standard InChI is InChI=1S/C56H37N3/c1-4-16-42(17-5-1)54-55(43-18-6-2-7-19-43)58-56-51(57-54)36-33-41-29-27-40-28-30-44(37-50(40)53(41)56)48-24-13-12-23-47(48)39-31-34-46(35-32-39)59(45-21-8-3-9-22-45)52-26-14-20-38-15-10-11-25-49(38)52/h1-37H. The number of fused-ring (bicyclic) bond motifs is 6. The van der Waals surface area contributed by atoms with E-state index in [1.807, 2.05) is 12.1 Å². The summed E-state index contributed by atoms with van der Waals surface area (Å²) in [6.07, 6.45) is 0. The highest BCUT2D eigenvalue weighted by Crippen LogP contribution is 2.42. The van der Waals surface area contributed by atoms with Crippen LogP contribution in [-0.4, -0.2) is 9.97 Å². The van der Waals surface area contributed by atoms with Crippen LogP contribution >= 0.6 is 0 Å². The summed E-state index contributed by atoms with van der Waals surface area (Å²) in [5.41, 5.74) is 13.7. The molecule has 0 spiro atoms. The smallest absolute Gasteiger partial charge is 0.0979 e. The molecular weight excluding hydrogens is 715 g/mol. The summed E-state index contributed by atoms with van der Waals surface area (Å²) < 4.78 is 0. The predicted molar refractivity (Wildman–Crippen MR) is 248 cm³/mol. The second kappa shape index (κ2) is 14.6. The summed E-state index contributed by atoms with van der Waals surface area (Å²) in [6.45, 7) is 0. The third kappa shape index (κ3) is 6.17. The van der Waals surface area contributed by atoms with Crippen LogP contribution < -0.4 is 4.90 Å². The maximum absolute atomic E-state index is 5.48. The Labute approximate surface area is 343 Å². The van der Waals surface area contributed by atoms with E-state index in [2.05, 4.69) is 217 Å². The number of anilines is 3. The lowest BCUT2D eigenvalue weighted by Crippen LogP contribution is -2.10. The maximum atomic E-state index is 5.48. The van der Waals surface area contributed by atoms with Crippen molar-refractivity contribution in [2.24, 2.45) is 0 Å². The molecule has 0 radical (unpaired) electrons. The largest absolute Gasteiger partial charge is 0.310 e. The number of rotatable bonds is 7. The number of nitrogens with zero attached hydrogens (tertiary/aromatic N) is 3. The molecule has 3 heteroatoms. The highest BCUT2D eigenvalue weighted by atomic mass is 15.1.